The van der Waals surface area contributed by atoms with Crippen molar-refractivity contribution in [1.29, 1.82) is 0 Å². The van der Waals surface area contributed by atoms with Gasteiger partial charge in [0.05, 0.1) is 18.0 Å². The predicted octanol–water partition coefficient (Wildman–Crippen LogP) is 3.25. The normalized spacial score (nSPS) is 14.4. The Morgan fingerprint density at radius 3 is 2.73 bits per heavy atom. The number of H-pyrrole nitrogens is 1. The Bertz CT molecular complexity index is 1210. The molecule has 33 heavy (non-hydrogen) atoms. The first-order valence-electron chi connectivity index (χ1n) is 10.8. The molecule has 1 aliphatic rings. The summed E-state index contributed by atoms with van der Waals surface area (Å²) < 4.78 is 30.9. The molecule has 0 fully saturated rings. The molecule has 3 aromatic rings. The van der Waals surface area contributed by atoms with Gasteiger partial charge in [0.1, 0.15) is 18.1 Å². The van der Waals surface area contributed by atoms with Gasteiger partial charge in [-0.05, 0) is 61.1 Å². The first-order valence-corrected chi connectivity index (χ1v) is 12.6. The summed E-state index contributed by atoms with van der Waals surface area (Å²) in [7, 11) is -3.53. The number of aryl methyl sites for hydroxylation is 2. The lowest BCUT2D eigenvalue weighted by Crippen LogP contribution is -2.26. The van der Waals surface area contributed by atoms with Crippen molar-refractivity contribution in [2.45, 2.75) is 31.8 Å². The second-order valence-electron chi connectivity index (χ2n) is 8.22. The van der Waals surface area contributed by atoms with E-state index in [4.69, 9.17) is 4.74 Å². The van der Waals surface area contributed by atoms with Gasteiger partial charge in [0.25, 0.3) is 0 Å². The molecule has 0 spiro atoms. The maximum atomic E-state index is 11.4. The van der Waals surface area contributed by atoms with Gasteiger partial charge >= 0.3 is 0 Å². The van der Waals surface area contributed by atoms with E-state index in [0.717, 1.165) is 30.4 Å². The maximum Gasteiger partial charge on any atom is 0.229 e. The molecule has 0 saturated heterocycles. The summed E-state index contributed by atoms with van der Waals surface area (Å²) in [5.74, 6) is 0.598. The number of nitrogens with one attached hydrogen (secondary N) is 3. The van der Waals surface area contributed by atoms with Crippen LogP contribution < -0.4 is 14.8 Å². The number of aromatic nitrogens is 1. The highest BCUT2D eigenvalue weighted by molar-refractivity contribution is 7.92. The van der Waals surface area contributed by atoms with Crippen LogP contribution in [-0.4, -0.2) is 49.6 Å². The summed E-state index contributed by atoms with van der Waals surface area (Å²) in [6.45, 7) is 1.23. The van der Waals surface area contributed by atoms with E-state index in [1.165, 1.54) is 41.6 Å². The van der Waals surface area contributed by atoms with E-state index in [2.05, 4.69) is 21.1 Å². The summed E-state index contributed by atoms with van der Waals surface area (Å²) in [6.07, 6.45) is 4.86. The second kappa shape index (κ2) is 10.6. The van der Waals surface area contributed by atoms with E-state index in [1.807, 2.05) is 12.1 Å². The maximum absolute atomic E-state index is 11.4. The molecule has 4 rings (SSSR count). The molecular weight excluding hydrogens is 466 g/mol. The number of aromatic amines is 1. The molecule has 0 unspecified atom stereocenters. The molecule has 1 heterocycles. The number of ether oxygens (including phenoxy) is 1. The van der Waals surface area contributed by atoms with Crippen molar-refractivity contribution in [1.82, 2.24) is 10.3 Å². The molecule has 1 atom stereocenters. The predicted molar refractivity (Wildman–Crippen MR) is 132 cm³/mol. The fraction of sp³-hybridized carbons (Fsp3) is 0.391. The molecule has 1 aliphatic carbocycles. The standard InChI is InChI=1S/C23H29N3O5S.ClH/c1-32(29,30)26-21-12-15(6-9-22(21)27)23(28)14-24-10-11-31-16-7-8-18-17-4-2-3-5-19(17)25-20(18)13-16;/h6-9,12-13,23-28H,2-5,10-11,14H2,1H3;1H/t23-;/m1./s1. The molecule has 10 heteroatoms. The Hall–Kier alpha value is -2.46. The third kappa shape index (κ3) is 6.32. The number of hydrogen-bond acceptors (Lipinski definition) is 6. The number of benzene rings is 2. The molecule has 0 amide bonds. The Morgan fingerprint density at radius 1 is 1.15 bits per heavy atom. The highest BCUT2D eigenvalue weighted by atomic mass is 35.5. The van der Waals surface area contributed by atoms with Crippen molar-refractivity contribution < 1.29 is 23.4 Å². The zero-order valence-electron chi connectivity index (χ0n) is 18.4. The third-order valence-electron chi connectivity index (χ3n) is 5.66. The van der Waals surface area contributed by atoms with Gasteiger partial charge < -0.3 is 25.3 Å². The molecule has 180 valence electrons. The summed E-state index contributed by atoms with van der Waals surface area (Å²) in [5.41, 5.74) is 4.43. The number of aromatic hydroxyl groups is 1. The minimum Gasteiger partial charge on any atom is -0.506 e. The van der Waals surface area contributed by atoms with E-state index < -0.39 is 16.1 Å². The van der Waals surface area contributed by atoms with Crippen LogP contribution in [0.15, 0.2) is 36.4 Å². The molecular formula is C23H30ClN3O5S. The van der Waals surface area contributed by atoms with Gasteiger partial charge in [0.2, 0.25) is 10.0 Å². The quantitative estimate of drug-likeness (QED) is 0.229. The van der Waals surface area contributed by atoms with Crippen LogP contribution in [0.4, 0.5) is 5.69 Å². The minimum atomic E-state index is -3.53. The van der Waals surface area contributed by atoms with E-state index >= 15 is 0 Å². The van der Waals surface area contributed by atoms with Crippen LogP contribution in [0.3, 0.4) is 0 Å². The van der Waals surface area contributed by atoms with Crippen LogP contribution in [0.5, 0.6) is 11.5 Å². The van der Waals surface area contributed by atoms with Crippen molar-refractivity contribution in [3.8, 4) is 11.5 Å². The molecule has 1 aromatic heterocycles. The van der Waals surface area contributed by atoms with Crippen molar-refractivity contribution in [3.05, 3.63) is 53.2 Å². The van der Waals surface area contributed by atoms with Crippen molar-refractivity contribution in [2.75, 3.05) is 30.7 Å². The fourth-order valence-electron chi connectivity index (χ4n) is 4.12. The third-order valence-corrected chi connectivity index (χ3v) is 6.25. The smallest absolute Gasteiger partial charge is 0.229 e. The molecule has 5 N–H and O–H groups in total. The summed E-state index contributed by atoms with van der Waals surface area (Å²) in [6, 6.07) is 10.5. The SMILES string of the molecule is CS(=O)(=O)Nc1cc([C@H](O)CNCCOc2ccc3c4c([nH]c3c2)CCCC4)ccc1O.Cl. The lowest BCUT2D eigenvalue weighted by molar-refractivity contribution is 0.172. The topological polar surface area (TPSA) is 124 Å². The van der Waals surface area contributed by atoms with Gasteiger partial charge in [0, 0.05) is 35.8 Å². The van der Waals surface area contributed by atoms with Crippen molar-refractivity contribution in [3.63, 3.8) is 0 Å². The monoisotopic (exact) mass is 495 g/mol. The highest BCUT2D eigenvalue weighted by Crippen LogP contribution is 2.31. The highest BCUT2D eigenvalue weighted by Gasteiger charge is 2.16. The minimum absolute atomic E-state index is 0. The Kier molecular flexibility index (Phi) is 8.12. The number of phenols is 1. The molecule has 0 radical (unpaired) electrons. The number of phenolic OH excluding ortho intramolecular Hbond substituents is 1. The molecule has 2 aromatic carbocycles. The molecule has 0 aliphatic heterocycles. The first-order chi connectivity index (χ1) is 15.3. The molecule has 0 saturated carbocycles. The average Bonchev–Trinajstić information content (AvgIpc) is 3.11. The first kappa shape index (κ1) is 25.2. The van der Waals surface area contributed by atoms with Gasteiger partial charge in [-0.2, -0.15) is 0 Å². The Labute approximate surface area is 199 Å². The number of aliphatic hydroxyl groups is 1. The van der Waals surface area contributed by atoms with Crippen LogP contribution >= 0.6 is 12.4 Å². The van der Waals surface area contributed by atoms with E-state index in [0.29, 0.717) is 18.7 Å². The Morgan fingerprint density at radius 2 is 1.94 bits per heavy atom. The van der Waals surface area contributed by atoms with E-state index in [-0.39, 0.29) is 30.4 Å². The fourth-order valence-corrected chi connectivity index (χ4v) is 4.69. The molecule has 8 nitrogen and oxygen atoms in total. The van der Waals surface area contributed by atoms with E-state index in [1.54, 1.807) is 6.07 Å². The lowest BCUT2D eigenvalue weighted by Gasteiger charge is -2.15. The number of fused-ring (bicyclic) bond motifs is 3. The molecule has 0 bridgehead atoms. The lowest BCUT2D eigenvalue weighted by atomic mass is 9.96. The summed E-state index contributed by atoms with van der Waals surface area (Å²) in [4.78, 5) is 3.52. The van der Waals surface area contributed by atoms with Crippen LogP contribution in [0, 0.1) is 0 Å². The number of sulfonamides is 1. The zero-order chi connectivity index (χ0) is 22.7. The average molecular weight is 496 g/mol. The number of hydrogen-bond donors (Lipinski definition) is 5. The summed E-state index contributed by atoms with van der Waals surface area (Å²) in [5, 5.41) is 24.6. The van der Waals surface area contributed by atoms with Crippen molar-refractivity contribution in [2.24, 2.45) is 0 Å². The number of halogens is 1. The van der Waals surface area contributed by atoms with Gasteiger partial charge in [-0.15, -0.1) is 12.4 Å². The van der Waals surface area contributed by atoms with Crippen LogP contribution in [-0.2, 0) is 22.9 Å². The summed E-state index contributed by atoms with van der Waals surface area (Å²) >= 11 is 0. The van der Waals surface area contributed by atoms with Gasteiger partial charge in [-0.3, -0.25) is 4.72 Å². The van der Waals surface area contributed by atoms with Gasteiger partial charge in [-0.25, -0.2) is 8.42 Å². The second-order valence-corrected chi connectivity index (χ2v) is 9.96. The largest absolute Gasteiger partial charge is 0.506 e. The van der Waals surface area contributed by atoms with E-state index in [9.17, 15) is 18.6 Å². The van der Waals surface area contributed by atoms with Crippen LogP contribution in [0.1, 0.15) is 35.8 Å². The Balaban J connectivity index is 0.00000306. The zero-order valence-corrected chi connectivity index (χ0v) is 20.1. The van der Waals surface area contributed by atoms with Gasteiger partial charge in [0.15, 0.2) is 0 Å². The van der Waals surface area contributed by atoms with Crippen LogP contribution in [0.2, 0.25) is 0 Å². The van der Waals surface area contributed by atoms with Crippen molar-refractivity contribution >= 4 is 39.0 Å². The number of anilines is 1. The number of rotatable bonds is 9. The number of aliphatic hydroxyl groups excluding tert-OH is 1. The van der Waals surface area contributed by atoms with Crippen LogP contribution in [0.25, 0.3) is 10.9 Å². The van der Waals surface area contributed by atoms with Gasteiger partial charge in [-0.1, -0.05) is 6.07 Å².